The summed E-state index contributed by atoms with van der Waals surface area (Å²) in [6.07, 6.45) is 1.69. The highest BCUT2D eigenvalue weighted by Crippen LogP contribution is 2.23. The van der Waals surface area contributed by atoms with Gasteiger partial charge >= 0.3 is 0 Å². The summed E-state index contributed by atoms with van der Waals surface area (Å²) in [5, 5.41) is 5.90. The van der Waals surface area contributed by atoms with Crippen LogP contribution in [0.25, 0.3) is 11.3 Å². The van der Waals surface area contributed by atoms with Crippen molar-refractivity contribution >= 4 is 33.0 Å². The Morgan fingerprint density at radius 3 is 2.32 bits per heavy atom. The average Bonchev–Trinajstić information content (AvgIpc) is 3.08. The van der Waals surface area contributed by atoms with E-state index < -0.39 is 10.0 Å². The second kappa shape index (κ2) is 8.64. The van der Waals surface area contributed by atoms with Gasteiger partial charge in [-0.2, -0.15) is 0 Å². The Bertz CT molecular complexity index is 1060. The van der Waals surface area contributed by atoms with Crippen molar-refractivity contribution in [3.63, 3.8) is 0 Å². The van der Waals surface area contributed by atoms with Gasteiger partial charge in [0.1, 0.15) is 0 Å². The van der Waals surface area contributed by atoms with Gasteiger partial charge in [0.25, 0.3) is 5.91 Å². The van der Waals surface area contributed by atoms with Crippen molar-refractivity contribution in [2.24, 2.45) is 0 Å². The molecule has 0 spiro atoms. The highest BCUT2D eigenvalue weighted by Gasteiger charge is 2.08. The second-order valence-corrected chi connectivity index (χ2v) is 9.29. The third-order valence-corrected chi connectivity index (χ3v) is 5.55. The van der Waals surface area contributed by atoms with Gasteiger partial charge in [0, 0.05) is 28.7 Å². The first-order chi connectivity index (χ1) is 13.3. The number of rotatable bonds is 7. The lowest BCUT2D eigenvalue weighted by molar-refractivity contribution is 0.102. The maximum absolute atomic E-state index is 12.4. The van der Waals surface area contributed by atoms with Crippen LogP contribution in [0.1, 0.15) is 20.9 Å². The first-order valence-electron chi connectivity index (χ1n) is 8.68. The Labute approximate surface area is 168 Å². The van der Waals surface area contributed by atoms with Crippen LogP contribution in [-0.2, 0) is 16.4 Å². The SMILES string of the molecule is Cc1nc(-c2ccc(NC(=O)c3ccc(CCNS(C)(=O)=O)cc3)cc2)cs1. The van der Waals surface area contributed by atoms with Crippen molar-refractivity contribution in [3.05, 3.63) is 70.0 Å². The van der Waals surface area contributed by atoms with Crippen LogP contribution in [0.15, 0.2) is 53.9 Å². The van der Waals surface area contributed by atoms with E-state index in [1.165, 1.54) is 0 Å². The molecule has 2 N–H and O–H groups in total. The Morgan fingerprint density at radius 1 is 1.07 bits per heavy atom. The number of benzene rings is 2. The number of anilines is 1. The van der Waals surface area contributed by atoms with Crippen molar-refractivity contribution in [2.75, 3.05) is 18.1 Å². The topological polar surface area (TPSA) is 88.2 Å². The van der Waals surface area contributed by atoms with Crippen LogP contribution in [0.2, 0.25) is 0 Å². The zero-order valence-electron chi connectivity index (χ0n) is 15.6. The summed E-state index contributed by atoms with van der Waals surface area (Å²) in [5.74, 6) is -0.196. The molecule has 0 aliphatic heterocycles. The predicted molar refractivity (Wildman–Crippen MR) is 113 cm³/mol. The maximum Gasteiger partial charge on any atom is 0.255 e. The molecular formula is C20H21N3O3S2. The van der Waals surface area contributed by atoms with Gasteiger partial charge in [0.05, 0.1) is 17.0 Å². The number of hydrogen-bond acceptors (Lipinski definition) is 5. The fourth-order valence-electron chi connectivity index (χ4n) is 2.63. The number of nitrogens with zero attached hydrogens (tertiary/aromatic N) is 1. The fraction of sp³-hybridized carbons (Fsp3) is 0.200. The molecule has 8 heteroatoms. The minimum absolute atomic E-state index is 0.196. The normalized spacial score (nSPS) is 11.4. The van der Waals surface area contributed by atoms with Gasteiger partial charge in [0.15, 0.2) is 0 Å². The molecule has 0 aliphatic rings. The number of thiazole rings is 1. The third-order valence-electron chi connectivity index (χ3n) is 4.05. The van der Waals surface area contributed by atoms with Crippen LogP contribution < -0.4 is 10.0 Å². The Morgan fingerprint density at radius 2 is 1.75 bits per heavy atom. The number of amides is 1. The molecule has 1 amide bonds. The van der Waals surface area contributed by atoms with Gasteiger partial charge in [-0.05, 0) is 43.2 Å². The zero-order valence-corrected chi connectivity index (χ0v) is 17.2. The number of sulfonamides is 1. The van der Waals surface area contributed by atoms with E-state index in [4.69, 9.17) is 0 Å². The highest BCUT2D eigenvalue weighted by molar-refractivity contribution is 7.88. The Hall–Kier alpha value is -2.55. The zero-order chi connectivity index (χ0) is 20.1. The number of hydrogen-bond donors (Lipinski definition) is 2. The summed E-state index contributed by atoms with van der Waals surface area (Å²) in [6, 6.07) is 14.7. The largest absolute Gasteiger partial charge is 0.322 e. The summed E-state index contributed by atoms with van der Waals surface area (Å²) in [5.41, 5.74) is 4.15. The van der Waals surface area contributed by atoms with E-state index in [-0.39, 0.29) is 5.91 Å². The van der Waals surface area contributed by atoms with E-state index in [9.17, 15) is 13.2 Å². The smallest absolute Gasteiger partial charge is 0.255 e. The van der Waals surface area contributed by atoms with Gasteiger partial charge in [-0.3, -0.25) is 4.79 Å². The Balaban J connectivity index is 1.58. The van der Waals surface area contributed by atoms with E-state index in [1.54, 1.807) is 23.5 Å². The van der Waals surface area contributed by atoms with E-state index in [0.29, 0.717) is 24.2 Å². The molecular weight excluding hydrogens is 394 g/mol. The lowest BCUT2D eigenvalue weighted by Crippen LogP contribution is -2.24. The molecule has 1 aromatic heterocycles. The first kappa shape index (κ1) is 20.2. The monoisotopic (exact) mass is 415 g/mol. The summed E-state index contributed by atoms with van der Waals surface area (Å²) < 4.78 is 24.6. The molecule has 2 aromatic carbocycles. The van der Waals surface area contributed by atoms with Crippen LogP contribution >= 0.6 is 11.3 Å². The minimum atomic E-state index is -3.19. The summed E-state index contributed by atoms with van der Waals surface area (Å²) in [4.78, 5) is 16.9. The standard InChI is InChI=1S/C20H21N3O3S2/c1-14-22-19(13-27-14)16-7-9-18(10-8-16)23-20(24)17-5-3-15(4-6-17)11-12-21-28(2,25)26/h3-10,13,21H,11-12H2,1-2H3,(H,23,24). The first-order valence-corrected chi connectivity index (χ1v) is 11.4. The fourth-order valence-corrected chi connectivity index (χ4v) is 3.72. The van der Waals surface area contributed by atoms with Crippen LogP contribution in [0, 0.1) is 6.92 Å². The number of carbonyl (C=O) groups is 1. The van der Waals surface area contributed by atoms with E-state index in [0.717, 1.165) is 28.1 Å². The van der Waals surface area contributed by atoms with Gasteiger partial charge in [-0.15, -0.1) is 11.3 Å². The third kappa shape index (κ3) is 5.72. The second-order valence-electron chi connectivity index (χ2n) is 6.40. The average molecular weight is 416 g/mol. The quantitative estimate of drug-likeness (QED) is 0.619. The summed E-state index contributed by atoms with van der Waals surface area (Å²) in [7, 11) is -3.19. The molecule has 3 rings (SSSR count). The number of nitrogens with one attached hydrogen (secondary N) is 2. The van der Waals surface area contributed by atoms with Crippen LogP contribution in [0.5, 0.6) is 0 Å². The molecule has 6 nitrogen and oxygen atoms in total. The van der Waals surface area contributed by atoms with Crippen molar-refractivity contribution in [2.45, 2.75) is 13.3 Å². The van der Waals surface area contributed by atoms with Gasteiger partial charge < -0.3 is 5.32 Å². The molecule has 0 fully saturated rings. The molecule has 0 aliphatic carbocycles. The molecule has 0 saturated carbocycles. The Kier molecular flexibility index (Phi) is 6.23. The van der Waals surface area contributed by atoms with Crippen LogP contribution in [0.4, 0.5) is 5.69 Å². The van der Waals surface area contributed by atoms with E-state index in [2.05, 4.69) is 15.0 Å². The molecule has 0 bridgehead atoms. The summed E-state index contributed by atoms with van der Waals surface area (Å²) in [6.45, 7) is 2.30. The van der Waals surface area contributed by atoms with Crippen molar-refractivity contribution in [1.82, 2.24) is 9.71 Å². The van der Waals surface area contributed by atoms with Gasteiger partial charge in [-0.1, -0.05) is 24.3 Å². The molecule has 0 radical (unpaired) electrons. The van der Waals surface area contributed by atoms with Crippen molar-refractivity contribution in [3.8, 4) is 11.3 Å². The molecule has 28 heavy (non-hydrogen) atoms. The molecule has 146 valence electrons. The summed E-state index contributed by atoms with van der Waals surface area (Å²) >= 11 is 1.60. The van der Waals surface area contributed by atoms with Crippen LogP contribution in [-0.4, -0.2) is 32.1 Å². The number of aromatic nitrogens is 1. The van der Waals surface area contributed by atoms with Crippen molar-refractivity contribution < 1.29 is 13.2 Å². The lowest BCUT2D eigenvalue weighted by atomic mass is 10.1. The molecule has 0 unspecified atom stereocenters. The molecule has 0 saturated heterocycles. The number of aryl methyl sites for hydroxylation is 1. The van der Waals surface area contributed by atoms with E-state index >= 15 is 0 Å². The predicted octanol–water partition coefficient (Wildman–Crippen LogP) is 3.46. The highest BCUT2D eigenvalue weighted by atomic mass is 32.2. The van der Waals surface area contributed by atoms with E-state index in [1.807, 2.05) is 48.7 Å². The van der Waals surface area contributed by atoms with Crippen molar-refractivity contribution in [1.29, 1.82) is 0 Å². The van der Waals surface area contributed by atoms with Gasteiger partial charge in [0.2, 0.25) is 10.0 Å². The minimum Gasteiger partial charge on any atom is -0.322 e. The van der Waals surface area contributed by atoms with Gasteiger partial charge in [-0.25, -0.2) is 18.1 Å². The number of carbonyl (C=O) groups excluding carboxylic acids is 1. The van der Waals surface area contributed by atoms with Crippen LogP contribution in [0.3, 0.4) is 0 Å². The molecule has 3 aromatic rings. The lowest BCUT2D eigenvalue weighted by Gasteiger charge is -2.07. The molecule has 0 atom stereocenters. The maximum atomic E-state index is 12.4. The molecule has 1 heterocycles.